The minimum atomic E-state index is -3.96. The molecular weight excluding hydrogens is 360 g/mol. The van der Waals surface area contributed by atoms with Crippen LogP contribution < -0.4 is 9.64 Å². The Labute approximate surface area is 152 Å². The van der Waals surface area contributed by atoms with Gasteiger partial charge in [-0.25, -0.2) is 22.3 Å². The number of anilines is 1. The van der Waals surface area contributed by atoms with Crippen molar-refractivity contribution < 1.29 is 27.9 Å². The van der Waals surface area contributed by atoms with E-state index in [0.29, 0.717) is 12.8 Å². The van der Waals surface area contributed by atoms with E-state index in [9.17, 15) is 18.0 Å². The van der Waals surface area contributed by atoms with Crippen LogP contribution in [0.25, 0.3) is 0 Å². The number of sulfonamides is 1. The molecule has 1 aromatic carbocycles. The second-order valence-electron chi connectivity index (χ2n) is 6.66. The number of nitrogens with zero attached hydrogens (tertiary/aromatic N) is 2. The normalized spacial score (nSPS) is 21.2. The lowest BCUT2D eigenvalue weighted by atomic mass is 9.95. The van der Waals surface area contributed by atoms with Crippen molar-refractivity contribution in [1.82, 2.24) is 4.31 Å². The highest BCUT2D eigenvalue weighted by atomic mass is 32.2. The molecule has 1 heterocycles. The van der Waals surface area contributed by atoms with E-state index < -0.39 is 28.1 Å². The summed E-state index contributed by atoms with van der Waals surface area (Å²) < 4.78 is 32.4. The molecule has 0 spiro atoms. The minimum absolute atomic E-state index is 0.0282. The Kier molecular flexibility index (Phi) is 4.83. The van der Waals surface area contributed by atoms with Crippen LogP contribution in [0.2, 0.25) is 0 Å². The van der Waals surface area contributed by atoms with Gasteiger partial charge in [-0.1, -0.05) is 19.3 Å². The van der Waals surface area contributed by atoms with Gasteiger partial charge in [0.05, 0.1) is 11.7 Å². The zero-order valence-corrected chi connectivity index (χ0v) is 15.5. The molecule has 9 heteroatoms. The Morgan fingerprint density at radius 2 is 1.92 bits per heavy atom. The molecule has 1 atom stereocenters. The fourth-order valence-corrected chi connectivity index (χ4v) is 5.28. The predicted molar refractivity (Wildman–Crippen MR) is 93.9 cm³/mol. The lowest BCUT2D eigenvalue weighted by Gasteiger charge is -2.40. The Balaban J connectivity index is 1.99. The van der Waals surface area contributed by atoms with Crippen molar-refractivity contribution in [3.8, 4) is 5.75 Å². The number of benzene rings is 1. The second-order valence-corrected chi connectivity index (χ2v) is 8.45. The van der Waals surface area contributed by atoms with Crippen LogP contribution in [0, 0.1) is 0 Å². The van der Waals surface area contributed by atoms with Crippen molar-refractivity contribution in [2.75, 3.05) is 11.9 Å². The molecule has 1 fully saturated rings. The summed E-state index contributed by atoms with van der Waals surface area (Å²) in [6.07, 6.45) is 3.11. The van der Waals surface area contributed by atoms with E-state index in [1.807, 2.05) is 0 Å². The maximum absolute atomic E-state index is 13.0. The number of carboxylic acids is 1. The maximum atomic E-state index is 13.0. The van der Waals surface area contributed by atoms with E-state index >= 15 is 0 Å². The molecule has 1 aliphatic heterocycles. The molecule has 0 aromatic heterocycles. The van der Waals surface area contributed by atoms with Crippen molar-refractivity contribution >= 4 is 27.7 Å². The molecule has 26 heavy (non-hydrogen) atoms. The summed E-state index contributed by atoms with van der Waals surface area (Å²) in [5.74, 6) is -0.942. The number of aliphatic carboxylic acids is 1. The molecule has 142 valence electrons. The Morgan fingerprint density at radius 3 is 2.54 bits per heavy atom. The quantitative estimate of drug-likeness (QED) is 0.858. The second kappa shape index (κ2) is 6.79. The molecule has 0 saturated heterocycles. The van der Waals surface area contributed by atoms with E-state index in [1.54, 1.807) is 0 Å². The van der Waals surface area contributed by atoms with Crippen molar-refractivity contribution in [2.24, 2.45) is 0 Å². The van der Waals surface area contributed by atoms with Gasteiger partial charge in [0.1, 0.15) is 10.6 Å². The van der Waals surface area contributed by atoms with Crippen molar-refractivity contribution in [2.45, 2.75) is 56.1 Å². The Hall–Kier alpha value is -2.29. The van der Waals surface area contributed by atoms with Crippen LogP contribution >= 0.6 is 0 Å². The minimum Gasteiger partial charge on any atom is -0.479 e. The SMILES string of the molecule is CC(Oc1ccc2c(c1)N(C)C(=O)N(C1CCCCC1)S2(=O)=O)C(=O)O. The summed E-state index contributed by atoms with van der Waals surface area (Å²) in [6.45, 7) is 1.37. The van der Waals surface area contributed by atoms with Crippen LogP contribution in [-0.2, 0) is 14.8 Å². The first kappa shape index (κ1) is 18.5. The number of urea groups is 1. The highest BCUT2D eigenvalue weighted by Gasteiger charge is 2.44. The van der Waals surface area contributed by atoms with Gasteiger partial charge >= 0.3 is 12.0 Å². The van der Waals surface area contributed by atoms with E-state index in [4.69, 9.17) is 9.84 Å². The van der Waals surface area contributed by atoms with Crippen molar-refractivity contribution in [3.05, 3.63) is 18.2 Å². The predicted octanol–water partition coefficient (Wildman–Crippen LogP) is 2.43. The van der Waals surface area contributed by atoms with E-state index in [-0.39, 0.29) is 22.4 Å². The van der Waals surface area contributed by atoms with Gasteiger partial charge in [-0.05, 0) is 31.9 Å². The monoisotopic (exact) mass is 382 g/mol. The molecule has 0 bridgehead atoms. The van der Waals surface area contributed by atoms with Crippen LogP contribution in [0.4, 0.5) is 10.5 Å². The zero-order chi connectivity index (χ0) is 19.1. The number of carbonyl (C=O) groups is 2. The van der Waals surface area contributed by atoms with Crippen molar-refractivity contribution in [3.63, 3.8) is 0 Å². The van der Waals surface area contributed by atoms with E-state index in [1.165, 1.54) is 37.1 Å². The zero-order valence-electron chi connectivity index (χ0n) is 14.7. The molecule has 2 amide bonds. The van der Waals surface area contributed by atoms with E-state index in [0.717, 1.165) is 23.6 Å². The van der Waals surface area contributed by atoms with Crippen LogP contribution in [0.15, 0.2) is 23.1 Å². The molecule has 1 aliphatic carbocycles. The molecule has 8 nitrogen and oxygen atoms in total. The molecule has 1 unspecified atom stereocenters. The summed E-state index contributed by atoms with van der Waals surface area (Å²) in [7, 11) is -2.45. The molecule has 1 saturated carbocycles. The van der Waals surface area contributed by atoms with Crippen LogP contribution in [0.5, 0.6) is 5.75 Å². The summed E-state index contributed by atoms with van der Waals surface area (Å²) in [6, 6.07) is 3.27. The van der Waals surface area contributed by atoms with Gasteiger partial charge in [-0.2, -0.15) is 0 Å². The number of rotatable bonds is 4. The lowest BCUT2D eigenvalue weighted by molar-refractivity contribution is -0.144. The fourth-order valence-electron chi connectivity index (χ4n) is 3.43. The first-order chi connectivity index (χ1) is 12.2. The maximum Gasteiger partial charge on any atom is 0.344 e. The van der Waals surface area contributed by atoms with Gasteiger partial charge in [-0.3, -0.25) is 4.90 Å². The third-order valence-corrected chi connectivity index (χ3v) is 6.74. The standard InChI is InChI=1S/C17H22N2O6S/c1-11(16(20)21)25-13-8-9-15-14(10-13)18(2)17(22)19(26(15,23)24)12-6-4-3-5-7-12/h8-12H,3-7H2,1-2H3,(H,20,21). The first-order valence-corrected chi connectivity index (χ1v) is 10.0. The van der Waals surface area contributed by atoms with Crippen molar-refractivity contribution in [1.29, 1.82) is 0 Å². The summed E-state index contributed by atoms with van der Waals surface area (Å²) in [4.78, 5) is 25.0. The number of amides is 2. The van der Waals surface area contributed by atoms with Gasteiger partial charge in [0.25, 0.3) is 10.0 Å². The van der Waals surface area contributed by atoms with Gasteiger partial charge in [0, 0.05) is 13.1 Å². The average Bonchev–Trinajstić information content (AvgIpc) is 2.60. The third-order valence-electron chi connectivity index (χ3n) is 4.87. The fraction of sp³-hybridized carbons (Fsp3) is 0.529. The molecule has 0 radical (unpaired) electrons. The number of carboxylic acid groups (broad SMARTS) is 1. The number of hydrogen-bond acceptors (Lipinski definition) is 5. The number of carbonyl (C=O) groups excluding carboxylic acids is 1. The molecule has 3 rings (SSSR count). The van der Waals surface area contributed by atoms with Gasteiger partial charge in [0.2, 0.25) is 0 Å². The summed E-state index contributed by atoms with van der Waals surface area (Å²) in [5.41, 5.74) is 0.192. The Morgan fingerprint density at radius 1 is 1.27 bits per heavy atom. The molecule has 1 N–H and O–H groups in total. The molecular formula is C17H22N2O6S. The number of fused-ring (bicyclic) bond motifs is 1. The number of ether oxygens (including phenoxy) is 1. The smallest absolute Gasteiger partial charge is 0.344 e. The van der Waals surface area contributed by atoms with E-state index in [2.05, 4.69) is 0 Å². The van der Waals surface area contributed by atoms with Gasteiger partial charge < -0.3 is 9.84 Å². The van der Waals surface area contributed by atoms with Gasteiger partial charge in [0.15, 0.2) is 6.10 Å². The largest absolute Gasteiger partial charge is 0.479 e. The third kappa shape index (κ3) is 3.11. The average molecular weight is 382 g/mol. The molecule has 2 aliphatic rings. The van der Waals surface area contributed by atoms with Crippen LogP contribution in [0.1, 0.15) is 39.0 Å². The first-order valence-electron chi connectivity index (χ1n) is 8.59. The number of hydrogen-bond donors (Lipinski definition) is 1. The summed E-state index contributed by atoms with van der Waals surface area (Å²) in [5, 5.41) is 8.95. The highest BCUT2D eigenvalue weighted by Crippen LogP contribution is 2.39. The Bertz CT molecular complexity index is 832. The van der Waals surface area contributed by atoms with Crippen LogP contribution in [-0.4, -0.2) is 49.0 Å². The molecule has 1 aromatic rings. The lowest BCUT2D eigenvalue weighted by Crippen LogP contribution is -2.54. The highest BCUT2D eigenvalue weighted by molar-refractivity contribution is 7.90. The van der Waals surface area contributed by atoms with Crippen LogP contribution in [0.3, 0.4) is 0 Å². The van der Waals surface area contributed by atoms with Gasteiger partial charge in [-0.15, -0.1) is 0 Å². The summed E-state index contributed by atoms with van der Waals surface area (Å²) >= 11 is 0. The topological polar surface area (TPSA) is 104 Å².